The molecule has 2 aliphatic rings. The highest BCUT2D eigenvalue weighted by Crippen LogP contribution is 2.33. The number of aryl methyl sites for hydroxylation is 1. The standard InChI is InChI=1S/C22H31N3OS/c1-17(26-2)22-23-19(16-27-22)15-24-11-13-25(14-12-24)21-10-6-4-8-18-7-3-5-9-20(18)21/h3,5,7,9,16-17,21H,4,6,8,10-15H2,1-2H3/t17-,21-/m0/s1. The van der Waals surface area contributed by atoms with Gasteiger partial charge in [-0.3, -0.25) is 9.80 Å². The molecule has 1 aromatic heterocycles. The molecular formula is C22H31N3OS. The molecule has 27 heavy (non-hydrogen) atoms. The van der Waals surface area contributed by atoms with Gasteiger partial charge in [0.2, 0.25) is 0 Å². The molecule has 0 radical (unpaired) electrons. The van der Waals surface area contributed by atoms with Crippen LogP contribution in [0, 0.1) is 0 Å². The van der Waals surface area contributed by atoms with Crippen molar-refractivity contribution in [1.29, 1.82) is 0 Å². The summed E-state index contributed by atoms with van der Waals surface area (Å²) in [5.74, 6) is 0. The number of fused-ring (bicyclic) bond motifs is 1. The molecule has 1 fully saturated rings. The molecule has 1 aromatic carbocycles. The topological polar surface area (TPSA) is 28.6 Å². The molecule has 146 valence electrons. The van der Waals surface area contributed by atoms with Crippen molar-refractivity contribution in [2.45, 2.75) is 51.3 Å². The van der Waals surface area contributed by atoms with Crippen LogP contribution in [0.3, 0.4) is 0 Å². The summed E-state index contributed by atoms with van der Waals surface area (Å²) in [7, 11) is 1.75. The summed E-state index contributed by atoms with van der Waals surface area (Å²) < 4.78 is 5.39. The van der Waals surface area contributed by atoms with Gasteiger partial charge in [-0.25, -0.2) is 4.98 Å². The van der Waals surface area contributed by atoms with Crippen LogP contribution in [0.4, 0.5) is 0 Å². The third kappa shape index (κ3) is 4.43. The van der Waals surface area contributed by atoms with E-state index in [1.54, 1.807) is 29.6 Å². The lowest BCUT2D eigenvalue weighted by Crippen LogP contribution is -2.47. The van der Waals surface area contributed by atoms with E-state index in [0.717, 1.165) is 37.7 Å². The number of thiazole rings is 1. The summed E-state index contributed by atoms with van der Waals surface area (Å²) in [6.07, 6.45) is 5.33. The van der Waals surface area contributed by atoms with E-state index in [0.29, 0.717) is 6.04 Å². The van der Waals surface area contributed by atoms with Crippen molar-refractivity contribution in [3.63, 3.8) is 0 Å². The third-order valence-electron chi connectivity index (χ3n) is 6.09. The molecule has 1 aliphatic carbocycles. The van der Waals surface area contributed by atoms with Crippen molar-refractivity contribution < 1.29 is 4.74 Å². The first-order valence-corrected chi connectivity index (χ1v) is 11.1. The van der Waals surface area contributed by atoms with E-state index in [-0.39, 0.29) is 6.10 Å². The number of piperazine rings is 1. The predicted molar refractivity (Wildman–Crippen MR) is 111 cm³/mol. The highest BCUT2D eigenvalue weighted by Gasteiger charge is 2.27. The monoisotopic (exact) mass is 385 g/mol. The largest absolute Gasteiger partial charge is 0.375 e. The third-order valence-corrected chi connectivity index (χ3v) is 7.15. The van der Waals surface area contributed by atoms with E-state index < -0.39 is 0 Å². The van der Waals surface area contributed by atoms with Gasteiger partial charge in [0.05, 0.1) is 5.69 Å². The van der Waals surface area contributed by atoms with Crippen molar-refractivity contribution >= 4 is 11.3 Å². The van der Waals surface area contributed by atoms with Gasteiger partial charge in [-0.1, -0.05) is 30.7 Å². The quantitative estimate of drug-likeness (QED) is 0.712. The van der Waals surface area contributed by atoms with Gasteiger partial charge in [0, 0.05) is 51.3 Å². The summed E-state index contributed by atoms with van der Waals surface area (Å²) in [5.41, 5.74) is 4.35. The zero-order valence-corrected chi connectivity index (χ0v) is 17.4. The van der Waals surface area contributed by atoms with E-state index in [2.05, 4.69) is 46.4 Å². The molecule has 1 saturated heterocycles. The summed E-state index contributed by atoms with van der Waals surface area (Å²) >= 11 is 1.72. The van der Waals surface area contributed by atoms with Gasteiger partial charge in [0.25, 0.3) is 0 Å². The van der Waals surface area contributed by atoms with Crippen LogP contribution < -0.4 is 0 Å². The molecule has 2 atom stereocenters. The van der Waals surface area contributed by atoms with Gasteiger partial charge >= 0.3 is 0 Å². The summed E-state index contributed by atoms with van der Waals surface area (Å²) in [6, 6.07) is 9.73. The van der Waals surface area contributed by atoms with Crippen LogP contribution in [0.15, 0.2) is 29.6 Å². The average molecular weight is 386 g/mol. The molecule has 4 rings (SSSR count). The van der Waals surface area contributed by atoms with Crippen molar-refractivity contribution in [2.24, 2.45) is 0 Å². The zero-order chi connectivity index (χ0) is 18.6. The lowest BCUT2D eigenvalue weighted by Gasteiger charge is -2.39. The summed E-state index contributed by atoms with van der Waals surface area (Å²) in [4.78, 5) is 10.0. The number of rotatable bonds is 5. The van der Waals surface area contributed by atoms with E-state index in [9.17, 15) is 0 Å². The maximum atomic E-state index is 5.39. The van der Waals surface area contributed by atoms with E-state index in [1.807, 2.05) is 0 Å². The van der Waals surface area contributed by atoms with Gasteiger partial charge in [0.1, 0.15) is 11.1 Å². The molecule has 2 heterocycles. The summed E-state index contributed by atoms with van der Waals surface area (Å²) in [6.45, 7) is 7.60. The van der Waals surface area contributed by atoms with E-state index in [4.69, 9.17) is 9.72 Å². The van der Waals surface area contributed by atoms with Gasteiger partial charge in [-0.2, -0.15) is 0 Å². The molecule has 1 aliphatic heterocycles. The Balaban J connectivity index is 1.36. The number of nitrogens with zero attached hydrogens (tertiary/aromatic N) is 3. The van der Waals surface area contributed by atoms with E-state index >= 15 is 0 Å². The first kappa shape index (κ1) is 19.1. The second-order valence-corrected chi connectivity index (χ2v) is 8.72. The molecule has 0 saturated carbocycles. The van der Waals surface area contributed by atoms with Crippen LogP contribution >= 0.6 is 11.3 Å². The predicted octanol–water partition coefficient (Wildman–Crippen LogP) is 4.44. The van der Waals surface area contributed by atoms with Crippen LogP contribution in [0.5, 0.6) is 0 Å². The minimum atomic E-state index is 0.0934. The van der Waals surface area contributed by atoms with Crippen molar-refractivity contribution in [2.75, 3.05) is 33.3 Å². The molecule has 2 aromatic rings. The first-order chi connectivity index (χ1) is 13.2. The molecule has 0 bridgehead atoms. The Hall–Kier alpha value is -1.27. The smallest absolute Gasteiger partial charge is 0.122 e. The van der Waals surface area contributed by atoms with Gasteiger partial charge < -0.3 is 4.74 Å². The minimum Gasteiger partial charge on any atom is -0.375 e. The Labute approximate surface area is 167 Å². The Morgan fingerprint density at radius 1 is 1.19 bits per heavy atom. The van der Waals surface area contributed by atoms with Crippen LogP contribution in [0.1, 0.15) is 60.2 Å². The minimum absolute atomic E-state index is 0.0934. The molecular weight excluding hydrogens is 354 g/mol. The SMILES string of the molecule is CO[C@@H](C)c1nc(CN2CCN([C@H]3CCCCc4ccccc43)CC2)cs1. The normalized spacial score (nSPS) is 23.0. The molecule has 4 nitrogen and oxygen atoms in total. The van der Waals surface area contributed by atoms with E-state index in [1.165, 1.54) is 31.4 Å². The maximum absolute atomic E-state index is 5.39. The van der Waals surface area contributed by atoms with Crippen LogP contribution in [0.2, 0.25) is 0 Å². The second kappa shape index (κ2) is 8.82. The van der Waals surface area contributed by atoms with Crippen LogP contribution in [-0.4, -0.2) is 48.1 Å². The highest BCUT2D eigenvalue weighted by atomic mass is 32.1. The Bertz CT molecular complexity index is 739. The second-order valence-electron chi connectivity index (χ2n) is 7.83. The molecule has 0 amide bonds. The van der Waals surface area contributed by atoms with Gasteiger partial charge in [0.15, 0.2) is 0 Å². The lowest BCUT2D eigenvalue weighted by atomic mass is 9.97. The molecule has 5 heteroatoms. The number of hydrogen-bond acceptors (Lipinski definition) is 5. The Kier molecular flexibility index (Phi) is 6.23. The molecule has 0 unspecified atom stereocenters. The van der Waals surface area contributed by atoms with Gasteiger partial charge in [-0.15, -0.1) is 11.3 Å². The van der Waals surface area contributed by atoms with Crippen molar-refractivity contribution in [1.82, 2.24) is 14.8 Å². The summed E-state index contributed by atoms with van der Waals surface area (Å²) in [5, 5.41) is 3.28. The fraction of sp³-hybridized carbons (Fsp3) is 0.591. The fourth-order valence-electron chi connectivity index (χ4n) is 4.42. The van der Waals surface area contributed by atoms with Crippen molar-refractivity contribution in [3.8, 4) is 0 Å². The van der Waals surface area contributed by atoms with Crippen LogP contribution in [-0.2, 0) is 17.7 Å². The Morgan fingerprint density at radius 2 is 2.00 bits per heavy atom. The Morgan fingerprint density at radius 3 is 2.81 bits per heavy atom. The number of aromatic nitrogens is 1. The molecule has 0 N–H and O–H groups in total. The first-order valence-electron chi connectivity index (χ1n) is 10.3. The number of benzene rings is 1. The molecule has 0 spiro atoms. The number of ether oxygens (including phenoxy) is 1. The van der Waals surface area contributed by atoms with Gasteiger partial charge in [-0.05, 0) is 37.3 Å². The lowest BCUT2D eigenvalue weighted by molar-refractivity contribution is 0.0865. The fourth-order valence-corrected chi connectivity index (χ4v) is 5.26. The zero-order valence-electron chi connectivity index (χ0n) is 16.6. The van der Waals surface area contributed by atoms with Crippen molar-refractivity contribution in [3.05, 3.63) is 51.5 Å². The average Bonchev–Trinajstić information content (AvgIpc) is 3.06. The number of methoxy groups -OCH3 is 1. The number of hydrogen-bond donors (Lipinski definition) is 0. The maximum Gasteiger partial charge on any atom is 0.122 e. The van der Waals surface area contributed by atoms with Crippen LogP contribution in [0.25, 0.3) is 0 Å². The highest BCUT2D eigenvalue weighted by molar-refractivity contribution is 7.09.